The summed E-state index contributed by atoms with van der Waals surface area (Å²) in [6, 6.07) is 0.0242. The number of hydrogen-bond acceptors (Lipinski definition) is 4. The summed E-state index contributed by atoms with van der Waals surface area (Å²) in [6.45, 7) is 8.43. The Balaban J connectivity index is 2.99. The van der Waals surface area contributed by atoms with Crippen molar-refractivity contribution >= 4 is 15.9 Å². The Bertz CT molecular complexity index is 425. The van der Waals surface area contributed by atoms with Crippen molar-refractivity contribution in [1.82, 2.24) is 15.2 Å². The molecule has 0 amide bonds. The average molecular weight is 333 g/mol. The lowest BCUT2D eigenvalue weighted by atomic mass is 9.83. The van der Waals surface area contributed by atoms with Crippen LogP contribution < -0.4 is 11.3 Å². The van der Waals surface area contributed by atoms with Crippen LogP contribution in [0, 0.1) is 12.3 Å². The SMILES string of the molecule is COC(C(Cc1c(Br)c(C)nn1C)NN)C(C)(C)C. The minimum absolute atomic E-state index is 0.00585. The van der Waals surface area contributed by atoms with E-state index in [9.17, 15) is 0 Å². The van der Waals surface area contributed by atoms with Crippen LogP contribution in [0.2, 0.25) is 0 Å². The molecule has 0 saturated heterocycles. The van der Waals surface area contributed by atoms with Crippen molar-refractivity contribution in [2.75, 3.05) is 7.11 Å². The van der Waals surface area contributed by atoms with E-state index in [1.54, 1.807) is 7.11 Å². The van der Waals surface area contributed by atoms with E-state index in [1.165, 1.54) is 0 Å². The summed E-state index contributed by atoms with van der Waals surface area (Å²) in [4.78, 5) is 0. The van der Waals surface area contributed by atoms with E-state index in [4.69, 9.17) is 10.6 Å². The maximum absolute atomic E-state index is 5.73. The molecule has 2 unspecified atom stereocenters. The van der Waals surface area contributed by atoms with Gasteiger partial charge in [0.15, 0.2) is 0 Å². The number of aromatic nitrogens is 2. The highest BCUT2D eigenvalue weighted by Gasteiger charge is 2.33. The van der Waals surface area contributed by atoms with E-state index in [1.807, 2.05) is 18.7 Å². The molecule has 1 aromatic rings. The number of nitrogens with zero attached hydrogens (tertiary/aromatic N) is 2. The lowest BCUT2D eigenvalue weighted by Crippen LogP contribution is -2.51. The largest absolute Gasteiger partial charge is 0.379 e. The van der Waals surface area contributed by atoms with Gasteiger partial charge in [0.25, 0.3) is 0 Å². The second-order valence-corrected chi connectivity index (χ2v) is 6.76. The van der Waals surface area contributed by atoms with Crippen molar-refractivity contribution in [2.24, 2.45) is 18.3 Å². The van der Waals surface area contributed by atoms with Crippen molar-refractivity contribution in [3.63, 3.8) is 0 Å². The van der Waals surface area contributed by atoms with Crippen molar-refractivity contribution < 1.29 is 4.74 Å². The van der Waals surface area contributed by atoms with Gasteiger partial charge in [-0.2, -0.15) is 5.10 Å². The highest BCUT2D eigenvalue weighted by molar-refractivity contribution is 9.10. The molecular weight excluding hydrogens is 308 g/mol. The molecule has 110 valence electrons. The molecule has 2 atom stereocenters. The lowest BCUT2D eigenvalue weighted by molar-refractivity contribution is -0.0114. The molecule has 5 nitrogen and oxygen atoms in total. The zero-order chi connectivity index (χ0) is 14.8. The Morgan fingerprint density at radius 2 is 2.05 bits per heavy atom. The minimum atomic E-state index is 0.00585. The third-order valence-corrected chi connectivity index (χ3v) is 4.39. The molecule has 0 radical (unpaired) electrons. The highest BCUT2D eigenvalue weighted by Crippen LogP contribution is 2.28. The third-order valence-electron chi connectivity index (χ3n) is 3.36. The number of rotatable bonds is 5. The first-order chi connectivity index (χ1) is 8.72. The molecule has 0 bridgehead atoms. The van der Waals surface area contributed by atoms with E-state index in [2.05, 4.69) is 47.2 Å². The topological polar surface area (TPSA) is 65.1 Å². The summed E-state index contributed by atoms with van der Waals surface area (Å²) >= 11 is 3.59. The van der Waals surface area contributed by atoms with Gasteiger partial charge in [0.2, 0.25) is 0 Å². The molecule has 0 saturated carbocycles. The summed E-state index contributed by atoms with van der Waals surface area (Å²) < 4.78 is 8.57. The van der Waals surface area contributed by atoms with Gasteiger partial charge in [-0.1, -0.05) is 20.8 Å². The predicted molar refractivity (Wildman–Crippen MR) is 80.7 cm³/mol. The van der Waals surface area contributed by atoms with Gasteiger partial charge in [-0.15, -0.1) is 0 Å². The van der Waals surface area contributed by atoms with E-state index in [0.29, 0.717) is 0 Å². The van der Waals surface area contributed by atoms with E-state index in [0.717, 1.165) is 22.3 Å². The maximum Gasteiger partial charge on any atom is 0.0789 e. The van der Waals surface area contributed by atoms with E-state index in [-0.39, 0.29) is 17.6 Å². The molecule has 19 heavy (non-hydrogen) atoms. The molecule has 0 aliphatic carbocycles. The second kappa shape index (κ2) is 6.35. The van der Waals surface area contributed by atoms with Gasteiger partial charge < -0.3 is 4.74 Å². The van der Waals surface area contributed by atoms with Gasteiger partial charge in [0, 0.05) is 20.6 Å². The molecule has 1 aromatic heterocycles. The Morgan fingerprint density at radius 3 is 2.37 bits per heavy atom. The number of ether oxygens (including phenoxy) is 1. The minimum Gasteiger partial charge on any atom is -0.379 e. The van der Waals surface area contributed by atoms with Crippen LogP contribution >= 0.6 is 15.9 Å². The Labute approximate surface area is 124 Å². The molecular formula is C13H25BrN4O. The standard InChI is InChI=1S/C13H25BrN4O/c1-8-11(14)10(18(5)17-8)7-9(16-15)12(19-6)13(2,3)4/h9,12,16H,7,15H2,1-6H3. The van der Waals surface area contributed by atoms with Gasteiger partial charge in [-0.25, -0.2) is 0 Å². The maximum atomic E-state index is 5.73. The van der Waals surface area contributed by atoms with Crippen molar-refractivity contribution in [2.45, 2.75) is 46.3 Å². The first kappa shape index (κ1) is 16.6. The van der Waals surface area contributed by atoms with E-state index < -0.39 is 0 Å². The lowest BCUT2D eigenvalue weighted by Gasteiger charge is -2.35. The number of hydrazine groups is 1. The zero-order valence-electron chi connectivity index (χ0n) is 12.6. The molecule has 0 aliphatic rings. The number of halogens is 1. The molecule has 0 fully saturated rings. The summed E-state index contributed by atoms with van der Waals surface area (Å²) in [5.74, 6) is 5.73. The fraction of sp³-hybridized carbons (Fsp3) is 0.769. The summed E-state index contributed by atoms with van der Waals surface area (Å²) in [6.07, 6.45) is 0.768. The van der Waals surface area contributed by atoms with Crippen LogP contribution in [-0.4, -0.2) is 29.0 Å². The number of hydrogen-bond donors (Lipinski definition) is 2. The van der Waals surface area contributed by atoms with Gasteiger partial charge in [0.05, 0.1) is 28.0 Å². The summed E-state index contributed by atoms with van der Waals surface area (Å²) in [5, 5.41) is 4.41. The van der Waals surface area contributed by atoms with Gasteiger partial charge in [-0.05, 0) is 28.3 Å². The van der Waals surface area contributed by atoms with Crippen molar-refractivity contribution in [3.05, 3.63) is 15.9 Å². The highest BCUT2D eigenvalue weighted by atomic mass is 79.9. The molecule has 0 spiro atoms. The van der Waals surface area contributed by atoms with E-state index >= 15 is 0 Å². The number of nitrogens with one attached hydrogen (secondary N) is 1. The fourth-order valence-corrected chi connectivity index (χ4v) is 2.98. The Hall–Kier alpha value is -0.430. The molecule has 0 aliphatic heterocycles. The fourth-order valence-electron chi connectivity index (χ4n) is 2.48. The van der Waals surface area contributed by atoms with Crippen molar-refractivity contribution in [1.29, 1.82) is 0 Å². The molecule has 0 aromatic carbocycles. The van der Waals surface area contributed by atoms with Crippen LogP contribution in [0.3, 0.4) is 0 Å². The van der Waals surface area contributed by atoms with Crippen LogP contribution in [0.1, 0.15) is 32.2 Å². The normalized spacial score (nSPS) is 15.6. The first-order valence-electron chi connectivity index (χ1n) is 6.39. The summed E-state index contributed by atoms with van der Waals surface area (Å²) in [5.41, 5.74) is 4.99. The molecule has 3 N–H and O–H groups in total. The smallest absolute Gasteiger partial charge is 0.0789 e. The van der Waals surface area contributed by atoms with Gasteiger partial charge in [0.1, 0.15) is 0 Å². The quantitative estimate of drug-likeness (QED) is 0.638. The zero-order valence-corrected chi connectivity index (χ0v) is 14.2. The van der Waals surface area contributed by atoms with Crippen LogP contribution in [0.25, 0.3) is 0 Å². The Kier molecular flexibility index (Phi) is 5.55. The monoisotopic (exact) mass is 332 g/mol. The number of aryl methyl sites for hydroxylation is 2. The van der Waals surface area contributed by atoms with Crippen LogP contribution in [0.4, 0.5) is 0 Å². The molecule has 6 heteroatoms. The number of nitrogens with two attached hydrogens (primary N) is 1. The number of methoxy groups -OCH3 is 1. The molecule has 1 rings (SSSR count). The summed E-state index contributed by atoms with van der Waals surface area (Å²) in [7, 11) is 3.67. The third kappa shape index (κ3) is 3.78. The van der Waals surface area contributed by atoms with Crippen LogP contribution in [-0.2, 0) is 18.2 Å². The van der Waals surface area contributed by atoms with Gasteiger partial charge in [-0.3, -0.25) is 16.0 Å². The Morgan fingerprint density at radius 1 is 1.47 bits per heavy atom. The van der Waals surface area contributed by atoms with Crippen LogP contribution in [0.15, 0.2) is 4.47 Å². The predicted octanol–water partition coefficient (Wildman–Crippen LogP) is 1.93. The van der Waals surface area contributed by atoms with Crippen LogP contribution in [0.5, 0.6) is 0 Å². The van der Waals surface area contributed by atoms with Gasteiger partial charge >= 0.3 is 0 Å². The first-order valence-corrected chi connectivity index (χ1v) is 7.18. The van der Waals surface area contributed by atoms with Crippen molar-refractivity contribution in [3.8, 4) is 0 Å². The second-order valence-electron chi connectivity index (χ2n) is 5.97. The average Bonchev–Trinajstić information content (AvgIpc) is 2.53. The molecule has 1 heterocycles.